The topological polar surface area (TPSA) is 77.1 Å². The summed E-state index contributed by atoms with van der Waals surface area (Å²) >= 11 is 0. The maximum atomic E-state index is 14.5. The fourth-order valence-corrected chi connectivity index (χ4v) is 3.84. The van der Waals surface area contributed by atoms with Crippen molar-refractivity contribution in [3.8, 4) is 11.3 Å². The van der Waals surface area contributed by atoms with E-state index in [1.54, 1.807) is 0 Å². The Bertz CT molecular complexity index is 1830. The molecule has 3 heterocycles. The van der Waals surface area contributed by atoms with Crippen molar-refractivity contribution in [3.05, 3.63) is 101 Å². The molecule has 3 aromatic heterocycles. The van der Waals surface area contributed by atoms with E-state index >= 15 is 0 Å². The molecule has 0 radical (unpaired) electrons. The molecule has 218 valence electrons. The van der Waals surface area contributed by atoms with Gasteiger partial charge < -0.3 is 5.32 Å². The third kappa shape index (κ3) is 5.12. The summed E-state index contributed by atoms with van der Waals surface area (Å²) in [4.78, 5) is 16.8. The normalized spacial score (nSPS) is 12.2. The van der Waals surface area contributed by atoms with E-state index in [4.69, 9.17) is 0 Å². The Morgan fingerprint density at radius 1 is 0.881 bits per heavy atom. The SMILES string of the molecule is O=C(Nc1cnn(Cc2c(F)cc(F)c(F)c2F)c1)c1cc2nc(-c3ccc(F)cc3)cc(C(F)(F)C(F)(F)F)n2n1. The summed E-state index contributed by atoms with van der Waals surface area (Å²) in [5, 5.41) is 9.49. The Balaban J connectivity index is 1.47. The third-order valence-electron chi connectivity index (χ3n) is 5.90. The predicted octanol–water partition coefficient (Wildman–Crippen LogP) is 6.24. The molecule has 0 aliphatic carbocycles. The number of carbonyl (C=O) groups excluding carboxylic acids is 1. The molecule has 1 N–H and O–H groups in total. The fourth-order valence-electron chi connectivity index (χ4n) is 3.84. The van der Waals surface area contributed by atoms with Gasteiger partial charge in [-0.25, -0.2) is 31.5 Å². The number of carbonyl (C=O) groups is 1. The maximum Gasteiger partial charge on any atom is 0.459 e. The van der Waals surface area contributed by atoms with E-state index in [0.717, 1.165) is 47.4 Å². The third-order valence-corrected chi connectivity index (χ3v) is 5.90. The van der Waals surface area contributed by atoms with Crippen LogP contribution < -0.4 is 5.32 Å². The van der Waals surface area contributed by atoms with Gasteiger partial charge in [0.1, 0.15) is 17.3 Å². The number of rotatable bonds is 6. The van der Waals surface area contributed by atoms with E-state index in [2.05, 4.69) is 20.5 Å². The van der Waals surface area contributed by atoms with Crippen molar-refractivity contribution in [1.29, 1.82) is 0 Å². The molecule has 17 heteroatoms. The molecule has 0 bridgehead atoms. The smallest absolute Gasteiger partial charge is 0.318 e. The number of amides is 1. The van der Waals surface area contributed by atoms with E-state index in [9.17, 15) is 48.7 Å². The number of nitrogens with zero attached hydrogens (tertiary/aromatic N) is 5. The van der Waals surface area contributed by atoms with Gasteiger partial charge in [-0.3, -0.25) is 9.48 Å². The van der Waals surface area contributed by atoms with Crippen LogP contribution in [0.15, 0.2) is 54.9 Å². The van der Waals surface area contributed by atoms with Crippen LogP contribution in [-0.4, -0.2) is 36.5 Å². The molecule has 5 aromatic rings. The first-order chi connectivity index (χ1) is 19.7. The second-order valence-electron chi connectivity index (χ2n) is 8.73. The van der Waals surface area contributed by atoms with Gasteiger partial charge >= 0.3 is 12.1 Å². The molecule has 0 aliphatic heterocycles. The van der Waals surface area contributed by atoms with Gasteiger partial charge in [-0.1, -0.05) is 0 Å². The van der Waals surface area contributed by atoms with Crippen LogP contribution in [0.4, 0.5) is 49.6 Å². The first kappa shape index (κ1) is 28.6. The molecule has 0 saturated heterocycles. The van der Waals surface area contributed by atoms with Crippen molar-refractivity contribution in [2.24, 2.45) is 0 Å². The molecule has 0 unspecified atom stereocenters. The lowest BCUT2D eigenvalue weighted by molar-refractivity contribution is -0.291. The molecule has 0 saturated carbocycles. The highest BCUT2D eigenvalue weighted by Gasteiger charge is 2.60. The quantitative estimate of drug-likeness (QED) is 0.142. The highest BCUT2D eigenvalue weighted by molar-refractivity contribution is 6.03. The van der Waals surface area contributed by atoms with E-state index < -0.39 is 81.9 Å². The van der Waals surface area contributed by atoms with E-state index in [1.165, 1.54) is 0 Å². The lowest BCUT2D eigenvalue weighted by Gasteiger charge is -2.21. The van der Waals surface area contributed by atoms with E-state index in [-0.39, 0.29) is 21.8 Å². The number of benzene rings is 2. The Kier molecular flexibility index (Phi) is 6.90. The zero-order valence-electron chi connectivity index (χ0n) is 20.3. The van der Waals surface area contributed by atoms with E-state index in [0.29, 0.717) is 6.07 Å². The first-order valence-electron chi connectivity index (χ1n) is 11.4. The van der Waals surface area contributed by atoms with Crippen LogP contribution in [0.3, 0.4) is 0 Å². The minimum atomic E-state index is -6.06. The molecule has 7 nitrogen and oxygen atoms in total. The zero-order valence-corrected chi connectivity index (χ0v) is 20.3. The van der Waals surface area contributed by atoms with Crippen molar-refractivity contribution in [2.75, 3.05) is 5.32 Å². The van der Waals surface area contributed by atoms with Crippen molar-refractivity contribution in [2.45, 2.75) is 18.6 Å². The number of hydrogen-bond donors (Lipinski definition) is 1. The highest BCUT2D eigenvalue weighted by atomic mass is 19.4. The van der Waals surface area contributed by atoms with Crippen LogP contribution in [0.25, 0.3) is 16.9 Å². The van der Waals surface area contributed by atoms with Crippen LogP contribution in [0.2, 0.25) is 0 Å². The van der Waals surface area contributed by atoms with Gasteiger partial charge in [0.15, 0.2) is 28.8 Å². The monoisotopic (exact) mass is 602 g/mol. The molecule has 0 fully saturated rings. The maximum absolute atomic E-state index is 14.5. The molecular formula is C25H12F10N6O. The number of fused-ring (bicyclic) bond motifs is 1. The molecule has 1 amide bonds. The minimum Gasteiger partial charge on any atom is -0.318 e. The number of aromatic nitrogens is 5. The Morgan fingerprint density at radius 3 is 2.24 bits per heavy atom. The zero-order chi connectivity index (χ0) is 30.6. The molecule has 0 aliphatic rings. The highest BCUT2D eigenvalue weighted by Crippen LogP contribution is 2.44. The second-order valence-corrected chi connectivity index (χ2v) is 8.73. The molecule has 2 aromatic carbocycles. The van der Waals surface area contributed by atoms with E-state index in [1.807, 2.05) is 0 Å². The van der Waals surface area contributed by atoms with Crippen molar-refractivity contribution >= 4 is 17.2 Å². The molecule has 42 heavy (non-hydrogen) atoms. The summed E-state index contributed by atoms with van der Waals surface area (Å²) in [6.07, 6.45) is -4.07. The van der Waals surface area contributed by atoms with Gasteiger partial charge in [0, 0.05) is 29.5 Å². The summed E-state index contributed by atoms with van der Waals surface area (Å²) in [6.45, 7) is -0.731. The lowest BCUT2D eigenvalue weighted by Crippen LogP contribution is -2.36. The minimum absolute atomic E-state index is 0.00773. The molecule has 0 atom stereocenters. The second kappa shape index (κ2) is 10.1. The lowest BCUT2D eigenvalue weighted by atomic mass is 10.1. The van der Waals surface area contributed by atoms with Crippen molar-refractivity contribution in [1.82, 2.24) is 24.4 Å². The molecule has 5 rings (SSSR count). The Hall–Kier alpha value is -4.96. The number of halogens is 10. The molecular weight excluding hydrogens is 590 g/mol. The number of alkyl halides is 5. The van der Waals surface area contributed by atoms with Gasteiger partial charge in [-0.2, -0.15) is 32.1 Å². The van der Waals surface area contributed by atoms with Crippen LogP contribution in [0.5, 0.6) is 0 Å². The standard InChI is InChI=1S/C25H12F10N6O/c26-12-3-1-11(2-4-12)17-6-19(24(31,32)25(33,34)35)41-20(38-17)7-18(39-41)23(42)37-13-8-36-40(9-13)10-14-15(27)5-16(28)22(30)21(14)29/h1-9H,10H2,(H,37,42). The average molecular weight is 602 g/mol. The fraction of sp³-hybridized carbons (Fsp3) is 0.120. The number of nitrogens with one attached hydrogen (secondary N) is 1. The average Bonchev–Trinajstić information content (AvgIpc) is 3.56. The number of anilines is 1. The number of hydrogen-bond acceptors (Lipinski definition) is 4. The molecule has 0 spiro atoms. The largest absolute Gasteiger partial charge is 0.459 e. The van der Waals surface area contributed by atoms with Gasteiger partial charge in [0.25, 0.3) is 5.91 Å². The summed E-state index contributed by atoms with van der Waals surface area (Å²) < 4.78 is 138. The van der Waals surface area contributed by atoms with Gasteiger partial charge in [-0.05, 0) is 30.3 Å². The van der Waals surface area contributed by atoms with Gasteiger partial charge in [0.2, 0.25) is 0 Å². The van der Waals surface area contributed by atoms with Crippen LogP contribution >= 0.6 is 0 Å². The Morgan fingerprint density at radius 2 is 1.57 bits per heavy atom. The van der Waals surface area contributed by atoms with Crippen LogP contribution in [0.1, 0.15) is 21.7 Å². The van der Waals surface area contributed by atoms with Crippen LogP contribution in [-0.2, 0) is 12.5 Å². The van der Waals surface area contributed by atoms with Crippen molar-refractivity contribution in [3.63, 3.8) is 0 Å². The van der Waals surface area contributed by atoms with Crippen LogP contribution in [0, 0.1) is 29.1 Å². The van der Waals surface area contributed by atoms with Crippen molar-refractivity contribution < 1.29 is 48.7 Å². The predicted molar refractivity (Wildman–Crippen MR) is 124 cm³/mol. The Labute approximate surface area is 227 Å². The summed E-state index contributed by atoms with van der Waals surface area (Å²) in [7, 11) is 0. The summed E-state index contributed by atoms with van der Waals surface area (Å²) in [6, 6.07) is 5.43. The van der Waals surface area contributed by atoms with Gasteiger partial charge in [0.05, 0.1) is 24.1 Å². The van der Waals surface area contributed by atoms with Gasteiger partial charge in [-0.15, -0.1) is 0 Å². The summed E-state index contributed by atoms with van der Waals surface area (Å²) in [5.41, 5.74) is -4.36. The first-order valence-corrected chi connectivity index (χ1v) is 11.4. The summed E-state index contributed by atoms with van der Waals surface area (Å²) in [5.74, 6) is -14.1.